The monoisotopic (exact) mass is 830 g/mol. The van der Waals surface area contributed by atoms with Crippen molar-refractivity contribution in [1.29, 1.82) is 5.26 Å². The Morgan fingerprint density at radius 3 is 1.43 bits per heavy atom. The lowest BCUT2D eigenvalue weighted by molar-refractivity contribution is 0.655. The molecule has 0 unspecified atom stereocenters. The van der Waals surface area contributed by atoms with Gasteiger partial charge in [-0.15, -0.1) is 0 Å². The van der Waals surface area contributed by atoms with Crippen molar-refractivity contribution in [3.63, 3.8) is 0 Å². The van der Waals surface area contributed by atoms with Crippen LogP contribution in [0.5, 0.6) is 0 Å². The van der Waals surface area contributed by atoms with Crippen molar-refractivity contribution in [3.8, 4) is 28.3 Å². The van der Waals surface area contributed by atoms with Crippen LogP contribution in [0.15, 0.2) is 235 Å². The number of rotatable bonds is 8. The zero-order chi connectivity index (χ0) is 43.3. The van der Waals surface area contributed by atoms with Crippen LogP contribution in [0, 0.1) is 11.3 Å². The number of pyridine rings is 1. The first-order chi connectivity index (χ1) is 32.2. The van der Waals surface area contributed by atoms with Crippen LogP contribution in [0.25, 0.3) is 76.8 Å². The van der Waals surface area contributed by atoms with Crippen LogP contribution >= 0.6 is 0 Å². The van der Waals surface area contributed by atoms with E-state index < -0.39 is 0 Å². The van der Waals surface area contributed by atoms with Crippen molar-refractivity contribution in [3.05, 3.63) is 236 Å². The van der Waals surface area contributed by atoms with Crippen molar-refractivity contribution in [2.75, 3.05) is 9.80 Å². The van der Waals surface area contributed by atoms with E-state index in [1.54, 1.807) is 0 Å². The predicted molar refractivity (Wildman–Crippen MR) is 269 cm³/mol. The van der Waals surface area contributed by atoms with E-state index in [1.165, 1.54) is 21.5 Å². The van der Waals surface area contributed by atoms with Gasteiger partial charge in [0, 0.05) is 49.7 Å². The summed E-state index contributed by atoms with van der Waals surface area (Å²) >= 11 is 0. The molecule has 0 fully saturated rings. The van der Waals surface area contributed by atoms with Gasteiger partial charge >= 0.3 is 0 Å². The second-order valence-electron chi connectivity index (χ2n) is 16.3. The van der Waals surface area contributed by atoms with Gasteiger partial charge in [-0.1, -0.05) is 140 Å². The summed E-state index contributed by atoms with van der Waals surface area (Å²) in [6.45, 7) is 0. The molecule has 0 N–H and O–H groups in total. The molecule has 0 amide bonds. The second kappa shape index (κ2) is 15.7. The molecule has 2 heterocycles. The van der Waals surface area contributed by atoms with Gasteiger partial charge in [0.1, 0.15) is 6.07 Å². The molecule has 0 aliphatic heterocycles. The van der Waals surface area contributed by atoms with Crippen LogP contribution in [0.2, 0.25) is 0 Å². The van der Waals surface area contributed by atoms with Crippen LogP contribution in [0.3, 0.4) is 0 Å². The zero-order valence-corrected chi connectivity index (χ0v) is 35.1. The maximum absolute atomic E-state index is 10.4. The standard InChI is InChI=1S/C60H38N4O/c61-39-47-36-45(41-27-32-51(33-28-41)64(49-19-5-2-6-20-49)58-24-12-16-43-14-8-10-22-53(43)58)37-54-55-38-46-35-44(29-34-56(46)62-60(55)65-59(47)54)40-25-30-50(31-26-40)63(48-17-3-1-4-18-48)57-23-11-15-42-13-7-9-21-52(42)57/h1-38H. The average molecular weight is 831 g/mol. The first-order valence-corrected chi connectivity index (χ1v) is 21.7. The smallest absolute Gasteiger partial charge is 0.227 e. The maximum Gasteiger partial charge on any atom is 0.227 e. The fraction of sp³-hybridized carbons (Fsp3) is 0. The van der Waals surface area contributed by atoms with E-state index in [4.69, 9.17) is 9.40 Å². The molecule has 0 atom stereocenters. The maximum atomic E-state index is 10.4. The summed E-state index contributed by atoms with van der Waals surface area (Å²) in [7, 11) is 0. The Morgan fingerprint density at radius 2 is 0.862 bits per heavy atom. The number of anilines is 6. The SMILES string of the molecule is N#Cc1cc(-c2ccc(N(c3ccccc3)c3cccc4ccccc34)cc2)cc2c1oc1nc3ccc(-c4ccc(N(c5ccccc5)c5cccc6ccccc56)cc4)cc3cc12. The minimum atomic E-state index is 0.471. The Balaban J connectivity index is 0.904. The highest BCUT2D eigenvalue weighted by atomic mass is 16.3. The topological polar surface area (TPSA) is 56.3 Å². The van der Waals surface area contributed by atoms with Crippen LogP contribution in [-0.2, 0) is 0 Å². The number of benzene rings is 10. The number of fused-ring (bicyclic) bond motifs is 6. The number of hydrogen-bond donors (Lipinski definition) is 0. The van der Waals surface area contributed by atoms with Gasteiger partial charge in [0.25, 0.3) is 0 Å². The number of nitriles is 1. The number of nitrogens with zero attached hydrogens (tertiary/aromatic N) is 4. The van der Waals surface area contributed by atoms with Gasteiger partial charge < -0.3 is 14.2 Å². The summed E-state index contributed by atoms with van der Waals surface area (Å²) in [5, 5.41) is 17.9. The highest BCUT2D eigenvalue weighted by Gasteiger charge is 2.19. The first-order valence-electron chi connectivity index (χ1n) is 21.7. The quantitative estimate of drug-likeness (QED) is 0.153. The summed E-state index contributed by atoms with van der Waals surface area (Å²) in [4.78, 5) is 9.60. The van der Waals surface area contributed by atoms with Gasteiger partial charge in [0.15, 0.2) is 5.58 Å². The van der Waals surface area contributed by atoms with E-state index in [0.29, 0.717) is 16.9 Å². The highest BCUT2D eigenvalue weighted by Crippen LogP contribution is 2.42. The van der Waals surface area contributed by atoms with Crippen LogP contribution in [0.4, 0.5) is 34.1 Å². The van der Waals surface area contributed by atoms with Gasteiger partial charge in [-0.2, -0.15) is 5.26 Å². The van der Waals surface area contributed by atoms with Gasteiger partial charge in [-0.25, -0.2) is 4.98 Å². The third-order valence-corrected chi connectivity index (χ3v) is 12.4. The van der Waals surface area contributed by atoms with Gasteiger partial charge in [-0.3, -0.25) is 0 Å². The molecule has 5 nitrogen and oxygen atoms in total. The summed E-state index contributed by atoms with van der Waals surface area (Å²) in [5.41, 5.74) is 13.0. The Bertz CT molecular complexity index is 3770. The van der Waals surface area contributed by atoms with Crippen molar-refractivity contribution >= 4 is 88.6 Å². The Labute approximate surface area is 375 Å². The number of aromatic nitrogens is 1. The van der Waals surface area contributed by atoms with Gasteiger partial charge in [0.2, 0.25) is 5.71 Å². The van der Waals surface area contributed by atoms with E-state index in [9.17, 15) is 5.26 Å². The number of para-hydroxylation sites is 2. The van der Waals surface area contributed by atoms with E-state index in [-0.39, 0.29) is 0 Å². The molecule has 0 bridgehead atoms. The van der Waals surface area contributed by atoms with Crippen molar-refractivity contribution < 1.29 is 4.42 Å². The largest absolute Gasteiger partial charge is 0.436 e. The molecule has 12 aromatic rings. The lowest BCUT2D eigenvalue weighted by atomic mass is 9.98. The molecular weight excluding hydrogens is 793 g/mol. The van der Waals surface area contributed by atoms with Gasteiger partial charge in [0.05, 0.1) is 22.5 Å². The first kappa shape index (κ1) is 37.8. The van der Waals surface area contributed by atoms with Gasteiger partial charge in [-0.05, 0) is 124 Å². The summed E-state index contributed by atoms with van der Waals surface area (Å²) in [6, 6.07) is 83.2. The summed E-state index contributed by atoms with van der Waals surface area (Å²) in [5.74, 6) is 0. The van der Waals surface area contributed by atoms with E-state index in [1.807, 2.05) is 18.2 Å². The Kier molecular flexibility index (Phi) is 9.14. The van der Waals surface area contributed by atoms with E-state index in [2.05, 4.69) is 228 Å². The molecule has 0 radical (unpaired) electrons. The number of furan rings is 1. The molecule has 304 valence electrons. The molecule has 0 spiro atoms. The molecule has 65 heavy (non-hydrogen) atoms. The van der Waals surface area contributed by atoms with Crippen LogP contribution in [-0.4, -0.2) is 4.98 Å². The zero-order valence-electron chi connectivity index (χ0n) is 35.1. The molecule has 0 aliphatic carbocycles. The molecule has 12 rings (SSSR count). The van der Waals surface area contributed by atoms with E-state index >= 15 is 0 Å². The Morgan fingerprint density at radius 1 is 0.369 bits per heavy atom. The predicted octanol–water partition coefficient (Wildman–Crippen LogP) is 16.6. The third-order valence-electron chi connectivity index (χ3n) is 12.4. The highest BCUT2D eigenvalue weighted by molar-refractivity contribution is 6.10. The average Bonchev–Trinajstić information content (AvgIpc) is 3.74. The fourth-order valence-corrected chi connectivity index (χ4v) is 9.32. The lowest BCUT2D eigenvalue weighted by Gasteiger charge is -2.27. The minimum Gasteiger partial charge on any atom is -0.436 e. The van der Waals surface area contributed by atoms with E-state index in [0.717, 1.165) is 78.1 Å². The fourth-order valence-electron chi connectivity index (χ4n) is 9.32. The van der Waals surface area contributed by atoms with Crippen LogP contribution < -0.4 is 9.80 Å². The molecule has 10 aromatic carbocycles. The van der Waals surface area contributed by atoms with Crippen molar-refractivity contribution in [2.24, 2.45) is 0 Å². The molecule has 0 saturated heterocycles. The Hall–Kier alpha value is -8.98. The normalized spacial score (nSPS) is 11.4. The molecule has 5 heteroatoms. The molecule has 0 aliphatic rings. The minimum absolute atomic E-state index is 0.471. The van der Waals surface area contributed by atoms with Crippen molar-refractivity contribution in [1.82, 2.24) is 4.98 Å². The molecule has 2 aromatic heterocycles. The lowest BCUT2D eigenvalue weighted by Crippen LogP contribution is -2.10. The number of hydrogen-bond acceptors (Lipinski definition) is 5. The summed E-state index contributed by atoms with van der Waals surface area (Å²) in [6.07, 6.45) is 0. The molecular formula is C60H38N4O. The third kappa shape index (κ3) is 6.69. The van der Waals surface area contributed by atoms with Crippen molar-refractivity contribution in [2.45, 2.75) is 0 Å². The molecule has 0 saturated carbocycles. The van der Waals surface area contributed by atoms with Crippen LogP contribution in [0.1, 0.15) is 5.56 Å². The summed E-state index contributed by atoms with van der Waals surface area (Å²) < 4.78 is 6.36. The second-order valence-corrected chi connectivity index (χ2v) is 16.3.